The first-order valence-electron chi connectivity index (χ1n) is 6.86. The molecule has 5 nitrogen and oxygen atoms in total. The van der Waals surface area contributed by atoms with Crippen molar-refractivity contribution in [2.24, 2.45) is 0 Å². The number of hydrogen-bond donors (Lipinski definition) is 3. The Labute approximate surface area is 117 Å². The Bertz CT molecular complexity index is 635. The SMILES string of the molecule is CC(=O)Nc1ccc(N[C@H]2CCNC2)c2cccnc12. The van der Waals surface area contributed by atoms with Gasteiger partial charge >= 0.3 is 0 Å². The summed E-state index contributed by atoms with van der Waals surface area (Å²) in [4.78, 5) is 15.7. The van der Waals surface area contributed by atoms with Gasteiger partial charge in [-0.2, -0.15) is 0 Å². The van der Waals surface area contributed by atoms with Crippen LogP contribution in [0, 0.1) is 0 Å². The maximum atomic E-state index is 11.3. The van der Waals surface area contributed by atoms with Gasteiger partial charge in [0.05, 0.1) is 11.2 Å². The number of carbonyl (C=O) groups is 1. The largest absolute Gasteiger partial charge is 0.380 e. The topological polar surface area (TPSA) is 66.1 Å². The molecule has 1 aliphatic rings. The smallest absolute Gasteiger partial charge is 0.221 e. The van der Waals surface area contributed by atoms with Crippen LogP contribution >= 0.6 is 0 Å². The highest BCUT2D eigenvalue weighted by Crippen LogP contribution is 2.29. The number of benzene rings is 1. The van der Waals surface area contributed by atoms with E-state index in [1.807, 2.05) is 24.3 Å². The quantitative estimate of drug-likeness (QED) is 0.797. The molecule has 1 fully saturated rings. The van der Waals surface area contributed by atoms with E-state index in [1.54, 1.807) is 6.20 Å². The molecule has 2 heterocycles. The minimum atomic E-state index is -0.0855. The maximum Gasteiger partial charge on any atom is 0.221 e. The van der Waals surface area contributed by atoms with Crippen molar-refractivity contribution in [3.05, 3.63) is 30.5 Å². The molecule has 0 radical (unpaired) electrons. The molecule has 5 heteroatoms. The van der Waals surface area contributed by atoms with Crippen molar-refractivity contribution >= 4 is 28.2 Å². The first-order valence-corrected chi connectivity index (χ1v) is 6.86. The van der Waals surface area contributed by atoms with Crippen LogP contribution in [0.3, 0.4) is 0 Å². The number of anilines is 2. The number of amides is 1. The van der Waals surface area contributed by atoms with Gasteiger partial charge in [-0.05, 0) is 37.2 Å². The third-order valence-electron chi connectivity index (χ3n) is 3.50. The Morgan fingerprint density at radius 3 is 2.95 bits per heavy atom. The molecular weight excluding hydrogens is 252 g/mol. The maximum absolute atomic E-state index is 11.3. The van der Waals surface area contributed by atoms with Crippen LogP contribution < -0.4 is 16.0 Å². The first-order chi connectivity index (χ1) is 9.74. The van der Waals surface area contributed by atoms with Crippen LogP contribution in [-0.4, -0.2) is 30.0 Å². The van der Waals surface area contributed by atoms with Crippen molar-refractivity contribution in [3.8, 4) is 0 Å². The number of pyridine rings is 1. The van der Waals surface area contributed by atoms with Gasteiger partial charge in [-0.25, -0.2) is 0 Å². The molecule has 0 unspecified atom stereocenters. The molecule has 2 aromatic rings. The molecule has 104 valence electrons. The lowest BCUT2D eigenvalue weighted by Crippen LogP contribution is -2.22. The fraction of sp³-hybridized carbons (Fsp3) is 0.333. The van der Waals surface area contributed by atoms with Crippen LogP contribution in [0.2, 0.25) is 0 Å². The van der Waals surface area contributed by atoms with Gasteiger partial charge < -0.3 is 16.0 Å². The zero-order chi connectivity index (χ0) is 13.9. The molecule has 1 aromatic carbocycles. The minimum absolute atomic E-state index is 0.0855. The van der Waals surface area contributed by atoms with Gasteiger partial charge in [-0.15, -0.1) is 0 Å². The number of aromatic nitrogens is 1. The second-order valence-electron chi connectivity index (χ2n) is 5.08. The second kappa shape index (κ2) is 5.46. The van der Waals surface area contributed by atoms with Crippen molar-refractivity contribution in [3.63, 3.8) is 0 Å². The fourth-order valence-electron chi connectivity index (χ4n) is 2.59. The highest BCUT2D eigenvalue weighted by molar-refractivity contribution is 6.04. The third kappa shape index (κ3) is 2.58. The number of carbonyl (C=O) groups excluding carboxylic acids is 1. The van der Waals surface area contributed by atoms with E-state index >= 15 is 0 Å². The summed E-state index contributed by atoms with van der Waals surface area (Å²) in [6.07, 6.45) is 2.86. The van der Waals surface area contributed by atoms with Gasteiger partial charge in [0.15, 0.2) is 0 Å². The van der Waals surface area contributed by atoms with E-state index in [-0.39, 0.29) is 5.91 Å². The third-order valence-corrected chi connectivity index (χ3v) is 3.50. The van der Waals surface area contributed by atoms with E-state index in [2.05, 4.69) is 20.9 Å². The Kier molecular flexibility index (Phi) is 3.52. The second-order valence-corrected chi connectivity index (χ2v) is 5.08. The Hall–Kier alpha value is -2.14. The lowest BCUT2D eigenvalue weighted by atomic mass is 10.1. The predicted octanol–water partition coefficient (Wildman–Crippen LogP) is 1.97. The summed E-state index contributed by atoms with van der Waals surface area (Å²) >= 11 is 0. The number of fused-ring (bicyclic) bond motifs is 1. The summed E-state index contributed by atoms with van der Waals surface area (Å²) < 4.78 is 0. The first kappa shape index (κ1) is 12.9. The number of nitrogens with zero attached hydrogens (tertiary/aromatic N) is 1. The van der Waals surface area contributed by atoms with Crippen molar-refractivity contribution in [2.75, 3.05) is 23.7 Å². The van der Waals surface area contributed by atoms with Crippen molar-refractivity contribution in [1.29, 1.82) is 0 Å². The van der Waals surface area contributed by atoms with Crippen LogP contribution in [0.15, 0.2) is 30.5 Å². The minimum Gasteiger partial charge on any atom is -0.380 e. The van der Waals surface area contributed by atoms with Gasteiger partial charge in [0.2, 0.25) is 5.91 Å². The Balaban J connectivity index is 1.99. The van der Waals surface area contributed by atoms with Crippen molar-refractivity contribution in [2.45, 2.75) is 19.4 Å². The van der Waals surface area contributed by atoms with Crippen LogP contribution in [0.5, 0.6) is 0 Å². The zero-order valence-corrected chi connectivity index (χ0v) is 11.4. The van der Waals surface area contributed by atoms with Gasteiger partial charge in [-0.1, -0.05) is 0 Å². The lowest BCUT2D eigenvalue weighted by Gasteiger charge is -2.16. The van der Waals surface area contributed by atoms with Crippen LogP contribution in [-0.2, 0) is 4.79 Å². The molecule has 0 saturated carbocycles. The van der Waals surface area contributed by atoms with E-state index in [0.29, 0.717) is 6.04 Å². The molecule has 3 rings (SSSR count). The van der Waals surface area contributed by atoms with Gasteiger partial charge in [-0.3, -0.25) is 9.78 Å². The average Bonchev–Trinajstić information content (AvgIpc) is 2.94. The molecule has 1 aromatic heterocycles. The summed E-state index contributed by atoms with van der Waals surface area (Å²) in [5, 5.41) is 10.8. The van der Waals surface area contributed by atoms with Crippen LogP contribution in [0.1, 0.15) is 13.3 Å². The van der Waals surface area contributed by atoms with E-state index in [1.165, 1.54) is 6.92 Å². The van der Waals surface area contributed by atoms with Crippen LogP contribution in [0.25, 0.3) is 10.9 Å². The summed E-state index contributed by atoms with van der Waals surface area (Å²) in [6.45, 7) is 3.54. The molecule has 1 amide bonds. The van der Waals surface area contributed by atoms with Crippen molar-refractivity contribution in [1.82, 2.24) is 10.3 Å². The Morgan fingerprint density at radius 1 is 1.35 bits per heavy atom. The summed E-state index contributed by atoms with van der Waals surface area (Å²) in [5.41, 5.74) is 2.64. The van der Waals surface area contributed by atoms with E-state index in [0.717, 1.165) is 41.8 Å². The van der Waals surface area contributed by atoms with Gasteiger partial charge in [0.1, 0.15) is 0 Å². The van der Waals surface area contributed by atoms with E-state index in [4.69, 9.17) is 0 Å². The molecule has 0 spiro atoms. The van der Waals surface area contributed by atoms with Gasteiger partial charge in [0.25, 0.3) is 0 Å². The highest BCUT2D eigenvalue weighted by atomic mass is 16.1. The lowest BCUT2D eigenvalue weighted by molar-refractivity contribution is -0.114. The standard InChI is InChI=1S/C15H18N4O/c1-10(20)18-14-5-4-13(19-11-6-8-16-9-11)12-3-2-7-17-15(12)14/h2-5,7,11,16,19H,6,8-9H2,1H3,(H,18,20)/t11-/m0/s1. The molecule has 0 bridgehead atoms. The summed E-state index contributed by atoms with van der Waals surface area (Å²) in [7, 11) is 0. The molecule has 1 saturated heterocycles. The summed E-state index contributed by atoms with van der Waals surface area (Å²) in [6, 6.07) is 8.30. The molecular formula is C15H18N4O. The highest BCUT2D eigenvalue weighted by Gasteiger charge is 2.16. The normalized spacial score (nSPS) is 18.1. The fourth-order valence-corrected chi connectivity index (χ4v) is 2.59. The predicted molar refractivity (Wildman–Crippen MR) is 80.9 cm³/mol. The zero-order valence-electron chi connectivity index (χ0n) is 11.4. The van der Waals surface area contributed by atoms with Gasteiger partial charge in [0, 0.05) is 36.8 Å². The number of rotatable bonds is 3. The number of hydrogen-bond acceptors (Lipinski definition) is 4. The molecule has 1 atom stereocenters. The molecule has 20 heavy (non-hydrogen) atoms. The van der Waals surface area contributed by atoms with Crippen LogP contribution in [0.4, 0.5) is 11.4 Å². The molecule has 0 aliphatic carbocycles. The van der Waals surface area contributed by atoms with Crippen molar-refractivity contribution < 1.29 is 4.79 Å². The molecule has 3 N–H and O–H groups in total. The Morgan fingerprint density at radius 2 is 2.20 bits per heavy atom. The number of nitrogens with one attached hydrogen (secondary N) is 3. The average molecular weight is 270 g/mol. The summed E-state index contributed by atoms with van der Waals surface area (Å²) in [5.74, 6) is -0.0855. The van der Waals surface area contributed by atoms with E-state index < -0.39 is 0 Å². The van der Waals surface area contributed by atoms with E-state index in [9.17, 15) is 4.79 Å². The monoisotopic (exact) mass is 270 g/mol. The molecule has 1 aliphatic heterocycles.